The van der Waals surface area contributed by atoms with Crippen LogP contribution in [0.25, 0.3) is 22.8 Å². The van der Waals surface area contributed by atoms with E-state index < -0.39 is 0 Å². The molecular formula is C17H14N2O4. The summed E-state index contributed by atoms with van der Waals surface area (Å²) in [4.78, 5) is 15.4. The number of nitrogens with zero attached hydrogens (tertiary/aromatic N) is 2. The van der Waals surface area contributed by atoms with Crippen molar-refractivity contribution >= 4 is 5.97 Å². The highest BCUT2D eigenvalue weighted by molar-refractivity contribution is 5.70. The van der Waals surface area contributed by atoms with E-state index in [-0.39, 0.29) is 5.97 Å². The fraction of sp³-hybridized carbons (Fsp3) is 0.118. The molecule has 1 heterocycles. The van der Waals surface area contributed by atoms with Crippen molar-refractivity contribution in [3.8, 4) is 34.3 Å². The van der Waals surface area contributed by atoms with Crippen LogP contribution in [0.2, 0.25) is 0 Å². The van der Waals surface area contributed by atoms with Crippen LogP contribution in [0.4, 0.5) is 0 Å². The van der Waals surface area contributed by atoms with Crippen LogP contribution in [0.5, 0.6) is 11.5 Å². The lowest BCUT2D eigenvalue weighted by atomic mass is 10.2. The zero-order valence-electron chi connectivity index (χ0n) is 12.6. The Labute approximate surface area is 132 Å². The van der Waals surface area contributed by atoms with Gasteiger partial charge in [0.1, 0.15) is 11.5 Å². The third kappa shape index (κ3) is 3.37. The molecule has 0 saturated heterocycles. The molecule has 0 amide bonds. The van der Waals surface area contributed by atoms with Gasteiger partial charge in [0.15, 0.2) is 0 Å². The van der Waals surface area contributed by atoms with Gasteiger partial charge in [-0.1, -0.05) is 23.4 Å². The lowest BCUT2D eigenvalue weighted by molar-refractivity contribution is -0.131. The maximum Gasteiger partial charge on any atom is 0.308 e. The average molecular weight is 310 g/mol. The molecule has 6 nitrogen and oxygen atoms in total. The van der Waals surface area contributed by atoms with Crippen LogP contribution in [0, 0.1) is 0 Å². The second-order valence-electron chi connectivity index (χ2n) is 4.78. The van der Waals surface area contributed by atoms with Gasteiger partial charge in [-0.15, -0.1) is 0 Å². The van der Waals surface area contributed by atoms with Crippen LogP contribution in [-0.2, 0) is 4.79 Å². The largest absolute Gasteiger partial charge is 0.497 e. The molecule has 0 fully saturated rings. The molecule has 3 aromatic rings. The molecule has 0 bridgehead atoms. The van der Waals surface area contributed by atoms with Gasteiger partial charge in [0.2, 0.25) is 5.82 Å². The molecule has 3 rings (SSSR count). The standard InChI is InChI=1S/C17H14N2O4/c1-11(20)22-15-8-4-6-13(10-15)17-18-16(19-23-17)12-5-3-7-14(9-12)21-2/h3-10H,1-2H3. The Morgan fingerprint density at radius 3 is 2.48 bits per heavy atom. The van der Waals surface area contributed by atoms with E-state index in [0.29, 0.717) is 28.8 Å². The number of hydrogen-bond acceptors (Lipinski definition) is 6. The fourth-order valence-corrected chi connectivity index (χ4v) is 2.08. The highest BCUT2D eigenvalue weighted by Gasteiger charge is 2.12. The molecular weight excluding hydrogens is 296 g/mol. The van der Waals surface area contributed by atoms with Gasteiger partial charge >= 0.3 is 5.97 Å². The zero-order chi connectivity index (χ0) is 16.2. The minimum atomic E-state index is -0.384. The molecule has 0 N–H and O–H groups in total. The van der Waals surface area contributed by atoms with E-state index in [9.17, 15) is 4.79 Å². The summed E-state index contributed by atoms with van der Waals surface area (Å²) in [6.45, 7) is 1.35. The monoisotopic (exact) mass is 310 g/mol. The average Bonchev–Trinajstić information content (AvgIpc) is 3.04. The predicted octanol–water partition coefficient (Wildman–Crippen LogP) is 3.34. The predicted molar refractivity (Wildman–Crippen MR) is 83.0 cm³/mol. The fourth-order valence-electron chi connectivity index (χ4n) is 2.08. The first-order valence-electron chi connectivity index (χ1n) is 6.92. The van der Waals surface area contributed by atoms with Gasteiger partial charge in [-0.2, -0.15) is 4.98 Å². The number of carbonyl (C=O) groups is 1. The van der Waals surface area contributed by atoms with E-state index in [1.165, 1.54) is 6.92 Å². The van der Waals surface area contributed by atoms with Crippen LogP contribution < -0.4 is 9.47 Å². The van der Waals surface area contributed by atoms with Gasteiger partial charge in [0, 0.05) is 18.1 Å². The van der Waals surface area contributed by atoms with Gasteiger partial charge in [0.05, 0.1) is 7.11 Å². The molecule has 0 saturated carbocycles. The van der Waals surface area contributed by atoms with Crippen molar-refractivity contribution in [1.82, 2.24) is 10.1 Å². The summed E-state index contributed by atoms with van der Waals surface area (Å²) >= 11 is 0. The molecule has 0 aliphatic heterocycles. The SMILES string of the molecule is COc1cccc(-c2noc(-c3cccc(OC(C)=O)c3)n2)c1. The van der Waals surface area contributed by atoms with Crippen molar-refractivity contribution in [2.24, 2.45) is 0 Å². The van der Waals surface area contributed by atoms with Gasteiger partial charge in [-0.05, 0) is 30.3 Å². The molecule has 23 heavy (non-hydrogen) atoms. The Hall–Kier alpha value is -3.15. The van der Waals surface area contributed by atoms with Gasteiger partial charge < -0.3 is 14.0 Å². The number of ether oxygens (including phenoxy) is 2. The molecule has 0 radical (unpaired) electrons. The van der Waals surface area contributed by atoms with E-state index in [0.717, 1.165) is 5.56 Å². The number of esters is 1. The van der Waals surface area contributed by atoms with Crippen molar-refractivity contribution < 1.29 is 18.8 Å². The first-order chi connectivity index (χ1) is 11.2. The van der Waals surface area contributed by atoms with Crippen molar-refractivity contribution in [3.63, 3.8) is 0 Å². The van der Waals surface area contributed by atoms with Crippen molar-refractivity contribution in [2.45, 2.75) is 6.92 Å². The molecule has 0 unspecified atom stereocenters. The van der Waals surface area contributed by atoms with Crippen LogP contribution in [0.1, 0.15) is 6.92 Å². The van der Waals surface area contributed by atoms with E-state index in [2.05, 4.69) is 10.1 Å². The molecule has 6 heteroatoms. The number of rotatable bonds is 4. The molecule has 0 atom stereocenters. The third-order valence-electron chi connectivity index (χ3n) is 3.10. The van der Waals surface area contributed by atoms with E-state index in [4.69, 9.17) is 14.0 Å². The number of aromatic nitrogens is 2. The summed E-state index contributed by atoms with van der Waals surface area (Å²) < 4.78 is 15.5. The van der Waals surface area contributed by atoms with Crippen molar-refractivity contribution in [2.75, 3.05) is 7.11 Å². The topological polar surface area (TPSA) is 74.5 Å². The molecule has 0 aliphatic rings. The summed E-state index contributed by atoms with van der Waals surface area (Å²) in [5.74, 6) is 1.56. The Morgan fingerprint density at radius 1 is 1.04 bits per heavy atom. The molecule has 1 aromatic heterocycles. The number of benzene rings is 2. The molecule has 0 spiro atoms. The van der Waals surface area contributed by atoms with Crippen LogP contribution >= 0.6 is 0 Å². The smallest absolute Gasteiger partial charge is 0.308 e. The van der Waals surface area contributed by atoms with Crippen LogP contribution in [0.3, 0.4) is 0 Å². The number of methoxy groups -OCH3 is 1. The normalized spacial score (nSPS) is 10.3. The number of hydrogen-bond donors (Lipinski definition) is 0. The summed E-state index contributed by atoms with van der Waals surface area (Å²) in [5.41, 5.74) is 1.46. The zero-order valence-corrected chi connectivity index (χ0v) is 12.6. The lowest BCUT2D eigenvalue weighted by Gasteiger charge is -2.01. The third-order valence-corrected chi connectivity index (χ3v) is 3.10. The highest BCUT2D eigenvalue weighted by atomic mass is 16.5. The Kier molecular flexibility index (Phi) is 4.05. The minimum Gasteiger partial charge on any atom is -0.497 e. The first kappa shape index (κ1) is 14.8. The van der Waals surface area contributed by atoms with Gasteiger partial charge in [-0.3, -0.25) is 4.79 Å². The Balaban J connectivity index is 1.91. The van der Waals surface area contributed by atoms with E-state index >= 15 is 0 Å². The maximum atomic E-state index is 11.0. The maximum absolute atomic E-state index is 11.0. The lowest BCUT2D eigenvalue weighted by Crippen LogP contribution is -2.01. The molecule has 0 aliphatic carbocycles. The summed E-state index contributed by atoms with van der Waals surface area (Å²) in [6.07, 6.45) is 0. The Morgan fingerprint density at radius 2 is 1.74 bits per heavy atom. The Bertz CT molecular complexity index is 842. The summed E-state index contributed by atoms with van der Waals surface area (Å²) in [6, 6.07) is 14.3. The van der Waals surface area contributed by atoms with Crippen molar-refractivity contribution in [1.29, 1.82) is 0 Å². The summed E-state index contributed by atoms with van der Waals surface area (Å²) in [5, 5.41) is 3.98. The first-order valence-corrected chi connectivity index (χ1v) is 6.92. The second kappa shape index (κ2) is 6.31. The van der Waals surface area contributed by atoms with Gasteiger partial charge in [-0.25, -0.2) is 0 Å². The quantitative estimate of drug-likeness (QED) is 0.543. The number of carbonyl (C=O) groups excluding carboxylic acids is 1. The van der Waals surface area contributed by atoms with Crippen LogP contribution in [0.15, 0.2) is 53.1 Å². The highest BCUT2D eigenvalue weighted by Crippen LogP contribution is 2.26. The second-order valence-corrected chi connectivity index (χ2v) is 4.78. The van der Waals surface area contributed by atoms with E-state index in [1.807, 2.05) is 24.3 Å². The molecule has 2 aromatic carbocycles. The summed E-state index contributed by atoms with van der Waals surface area (Å²) in [7, 11) is 1.60. The van der Waals surface area contributed by atoms with Crippen LogP contribution in [-0.4, -0.2) is 23.2 Å². The molecule has 116 valence electrons. The minimum absolute atomic E-state index is 0.344. The van der Waals surface area contributed by atoms with Crippen molar-refractivity contribution in [3.05, 3.63) is 48.5 Å². The van der Waals surface area contributed by atoms with Gasteiger partial charge in [0.25, 0.3) is 5.89 Å². The van der Waals surface area contributed by atoms with E-state index in [1.54, 1.807) is 31.4 Å².